The molecule has 2 aromatic rings. The third kappa shape index (κ3) is 8.59. The Morgan fingerprint density at radius 1 is 1.07 bits per heavy atom. The maximum atomic E-state index is 12.1. The van der Waals surface area contributed by atoms with E-state index in [-0.39, 0.29) is 18.3 Å². The number of nitrogens with one attached hydrogen (secondary N) is 1. The molecule has 0 amide bonds. The predicted octanol–water partition coefficient (Wildman–Crippen LogP) is 2.94. The van der Waals surface area contributed by atoms with Crippen LogP contribution in [0.2, 0.25) is 0 Å². The zero-order valence-corrected chi connectivity index (χ0v) is 15.2. The predicted molar refractivity (Wildman–Crippen MR) is 99.6 cm³/mol. The van der Waals surface area contributed by atoms with Gasteiger partial charge in [-0.15, -0.1) is 13.2 Å². The van der Waals surface area contributed by atoms with E-state index in [2.05, 4.69) is 15.0 Å². The summed E-state index contributed by atoms with van der Waals surface area (Å²) in [6, 6.07) is 14.9. The molecule has 2 aromatic carbocycles. The fourth-order valence-corrected chi connectivity index (χ4v) is 3.19. The molecule has 2 rings (SSSR count). The standard InChI is InChI=1S/C18H20F3N3O2S/c19-18(20,21)26-16-8-6-14(7-9-16)12-24-17(22)23-10-11-27(25)13-15-4-2-1-3-5-15/h1-9H,10-13H2,(H3,22,23,24). The average molecular weight is 399 g/mol. The lowest BCUT2D eigenvalue weighted by Gasteiger charge is -2.09. The maximum Gasteiger partial charge on any atom is 0.573 e. The first-order valence-electron chi connectivity index (χ1n) is 8.09. The van der Waals surface area contributed by atoms with E-state index in [0.29, 0.717) is 23.6 Å². The van der Waals surface area contributed by atoms with Crippen LogP contribution >= 0.6 is 0 Å². The molecule has 1 atom stereocenters. The van der Waals surface area contributed by atoms with Crippen molar-refractivity contribution in [1.29, 1.82) is 0 Å². The first-order chi connectivity index (χ1) is 12.8. The minimum absolute atomic E-state index is 0.183. The highest BCUT2D eigenvalue weighted by atomic mass is 32.2. The Balaban J connectivity index is 1.72. The van der Waals surface area contributed by atoms with E-state index in [4.69, 9.17) is 5.73 Å². The zero-order valence-electron chi connectivity index (χ0n) is 14.4. The first kappa shape index (κ1) is 20.8. The van der Waals surface area contributed by atoms with Gasteiger partial charge in [-0.3, -0.25) is 4.21 Å². The van der Waals surface area contributed by atoms with Crippen molar-refractivity contribution in [3.63, 3.8) is 0 Å². The molecule has 3 N–H and O–H groups in total. The van der Waals surface area contributed by atoms with E-state index in [1.807, 2.05) is 30.3 Å². The SMILES string of the molecule is NC(=NCc1ccc(OC(F)(F)F)cc1)NCCS(=O)Cc1ccccc1. The summed E-state index contributed by atoms with van der Waals surface area (Å²) in [5.74, 6) is 0.796. The van der Waals surface area contributed by atoms with E-state index in [1.54, 1.807) is 0 Å². The summed E-state index contributed by atoms with van der Waals surface area (Å²) in [6.07, 6.45) is -4.71. The number of alkyl halides is 3. The molecule has 9 heteroatoms. The van der Waals surface area contributed by atoms with Gasteiger partial charge in [0, 0.05) is 28.9 Å². The van der Waals surface area contributed by atoms with E-state index < -0.39 is 17.2 Å². The summed E-state index contributed by atoms with van der Waals surface area (Å²) in [7, 11) is -1.02. The van der Waals surface area contributed by atoms with Crippen LogP contribution in [0.4, 0.5) is 13.2 Å². The third-order valence-electron chi connectivity index (χ3n) is 3.40. The van der Waals surface area contributed by atoms with Crippen LogP contribution in [0.25, 0.3) is 0 Å². The van der Waals surface area contributed by atoms with E-state index in [0.717, 1.165) is 5.56 Å². The highest BCUT2D eigenvalue weighted by molar-refractivity contribution is 7.84. The van der Waals surface area contributed by atoms with Crippen molar-refractivity contribution in [2.24, 2.45) is 10.7 Å². The molecule has 0 bridgehead atoms. The molecule has 146 valence electrons. The number of ether oxygens (including phenoxy) is 1. The van der Waals surface area contributed by atoms with Crippen LogP contribution in [0.3, 0.4) is 0 Å². The van der Waals surface area contributed by atoms with Crippen molar-refractivity contribution >= 4 is 16.8 Å². The lowest BCUT2D eigenvalue weighted by molar-refractivity contribution is -0.274. The highest BCUT2D eigenvalue weighted by Crippen LogP contribution is 2.22. The number of hydrogen-bond acceptors (Lipinski definition) is 3. The second-order valence-corrected chi connectivity index (χ2v) is 7.17. The summed E-state index contributed by atoms with van der Waals surface area (Å²) in [5.41, 5.74) is 7.43. The summed E-state index contributed by atoms with van der Waals surface area (Å²) < 4.78 is 52.1. The van der Waals surface area contributed by atoms with Crippen LogP contribution in [-0.2, 0) is 23.1 Å². The van der Waals surface area contributed by atoms with Crippen molar-refractivity contribution in [3.05, 3.63) is 65.7 Å². The number of nitrogens with zero attached hydrogens (tertiary/aromatic N) is 1. The fourth-order valence-electron chi connectivity index (χ4n) is 2.15. The third-order valence-corrected chi connectivity index (χ3v) is 4.71. The highest BCUT2D eigenvalue weighted by Gasteiger charge is 2.30. The summed E-state index contributed by atoms with van der Waals surface area (Å²) >= 11 is 0. The van der Waals surface area contributed by atoms with Gasteiger partial charge in [0.15, 0.2) is 5.96 Å². The lowest BCUT2D eigenvalue weighted by Crippen LogP contribution is -2.34. The number of halogens is 3. The Morgan fingerprint density at radius 2 is 1.74 bits per heavy atom. The molecule has 0 fully saturated rings. The van der Waals surface area contributed by atoms with Crippen LogP contribution in [0.5, 0.6) is 5.75 Å². The Morgan fingerprint density at radius 3 is 2.37 bits per heavy atom. The van der Waals surface area contributed by atoms with Gasteiger partial charge in [0.2, 0.25) is 0 Å². The number of hydrogen-bond donors (Lipinski definition) is 2. The second-order valence-electron chi connectivity index (χ2n) is 5.59. The largest absolute Gasteiger partial charge is 0.573 e. The number of guanidine groups is 1. The van der Waals surface area contributed by atoms with E-state index in [1.165, 1.54) is 24.3 Å². The van der Waals surface area contributed by atoms with Crippen molar-refractivity contribution in [2.75, 3.05) is 12.3 Å². The number of rotatable bonds is 8. The molecule has 0 aliphatic heterocycles. The summed E-state index contributed by atoms with van der Waals surface area (Å²) in [6.45, 7) is 0.616. The van der Waals surface area contributed by atoms with E-state index >= 15 is 0 Å². The van der Waals surface area contributed by atoms with Gasteiger partial charge < -0.3 is 15.8 Å². The second kappa shape index (κ2) is 9.96. The van der Waals surface area contributed by atoms with Gasteiger partial charge in [0.05, 0.1) is 6.54 Å². The molecule has 27 heavy (non-hydrogen) atoms. The van der Waals surface area contributed by atoms with Crippen molar-refractivity contribution in [1.82, 2.24) is 5.32 Å². The minimum Gasteiger partial charge on any atom is -0.406 e. The van der Waals surface area contributed by atoms with Gasteiger partial charge >= 0.3 is 6.36 Å². The molecule has 5 nitrogen and oxygen atoms in total. The van der Waals surface area contributed by atoms with E-state index in [9.17, 15) is 17.4 Å². The normalized spacial score (nSPS) is 13.2. The molecule has 0 spiro atoms. The smallest absolute Gasteiger partial charge is 0.406 e. The van der Waals surface area contributed by atoms with Crippen molar-refractivity contribution in [3.8, 4) is 5.75 Å². The lowest BCUT2D eigenvalue weighted by atomic mass is 10.2. The molecule has 0 saturated carbocycles. The topological polar surface area (TPSA) is 76.7 Å². The maximum absolute atomic E-state index is 12.1. The van der Waals surface area contributed by atoms with Gasteiger partial charge in [-0.2, -0.15) is 0 Å². The van der Waals surface area contributed by atoms with Crippen molar-refractivity contribution < 1.29 is 22.1 Å². The van der Waals surface area contributed by atoms with Crippen LogP contribution in [0.15, 0.2) is 59.6 Å². The van der Waals surface area contributed by atoms with Crippen LogP contribution in [-0.4, -0.2) is 28.8 Å². The molecule has 0 aliphatic rings. The summed E-state index contributed by atoms with van der Waals surface area (Å²) in [4.78, 5) is 4.10. The molecular weight excluding hydrogens is 379 g/mol. The quantitative estimate of drug-likeness (QED) is 0.529. The fraction of sp³-hybridized carbons (Fsp3) is 0.278. The number of nitrogens with two attached hydrogens (primary N) is 1. The molecule has 1 unspecified atom stereocenters. The monoisotopic (exact) mass is 399 g/mol. The van der Waals surface area contributed by atoms with Gasteiger partial charge in [-0.1, -0.05) is 42.5 Å². The molecule has 0 saturated heterocycles. The Labute approximate surface area is 157 Å². The Kier molecular flexibility index (Phi) is 7.66. The Bertz CT molecular complexity index is 766. The van der Waals surface area contributed by atoms with Crippen LogP contribution < -0.4 is 15.8 Å². The van der Waals surface area contributed by atoms with Gasteiger partial charge in [-0.25, -0.2) is 4.99 Å². The Hall–Kier alpha value is -2.55. The summed E-state index contributed by atoms with van der Waals surface area (Å²) in [5, 5.41) is 2.87. The molecule has 0 heterocycles. The molecule has 0 aromatic heterocycles. The first-order valence-corrected chi connectivity index (χ1v) is 9.58. The van der Waals surface area contributed by atoms with Gasteiger partial charge in [0.1, 0.15) is 5.75 Å². The van der Waals surface area contributed by atoms with Crippen LogP contribution in [0.1, 0.15) is 11.1 Å². The van der Waals surface area contributed by atoms with Gasteiger partial charge in [0.25, 0.3) is 0 Å². The molecule has 0 radical (unpaired) electrons. The minimum atomic E-state index is -4.71. The van der Waals surface area contributed by atoms with Crippen LogP contribution in [0, 0.1) is 0 Å². The number of benzene rings is 2. The van der Waals surface area contributed by atoms with Crippen molar-refractivity contribution in [2.45, 2.75) is 18.7 Å². The van der Waals surface area contributed by atoms with Gasteiger partial charge in [-0.05, 0) is 23.3 Å². The molecule has 0 aliphatic carbocycles. The average Bonchev–Trinajstić information content (AvgIpc) is 2.61. The molecular formula is C18H20F3N3O2S. The zero-order chi connectivity index (χ0) is 19.7. The number of aliphatic imine (C=N–C) groups is 1.